The number of nitrogens with one attached hydrogen (secondary N) is 2. The Morgan fingerprint density at radius 3 is 2.77 bits per heavy atom. The van der Waals surface area contributed by atoms with Crippen LogP contribution >= 0.6 is 0 Å². The molecule has 0 saturated carbocycles. The number of pyridine rings is 1. The van der Waals surface area contributed by atoms with Crippen molar-refractivity contribution in [2.75, 3.05) is 13.1 Å². The maximum absolute atomic E-state index is 12.9. The quantitative estimate of drug-likeness (QED) is 0.552. The van der Waals surface area contributed by atoms with Gasteiger partial charge < -0.3 is 15.2 Å². The molecule has 5 rings (SSSR count). The maximum atomic E-state index is 12.9. The van der Waals surface area contributed by atoms with Gasteiger partial charge >= 0.3 is 0 Å². The SMILES string of the molecule is O=C(NC1CCN(C(=O)c2ccc3[nH]ccc3c2)CC1)c1cccc2ncccc12. The molecule has 0 unspecified atom stereocenters. The van der Waals surface area contributed by atoms with Gasteiger partial charge in [-0.2, -0.15) is 0 Å². The van der Waals surface area contributed by atoms with Gasteiger partial charge in [-0.05, 0) is 55.3 Å². The fraction of sp³-hybridized carbons (Fsp3) is 0.208. The van der Waals surface area contributed by atoms with E-state index in [9.17, 15) is 9.59 Å². The highest BCUT2D eigenvalue weighted by atomic mass is 16.2. The van der Waals surface area contributed by atoms with E-state index in [0.717, 1.165) is 34.6 Å². The van der Waals surface area contributed by atoms with Crippen molar-refractivity contribution in [3.8, 4) is 0 Å². The molecule has 0 radical (unpaired) electrons. The number of carbonyl (C=O) groups excluding carboxylic acids is 2. The lowest BCUT2D eigenvalue weighted by Gasteiger charge is -2.32. The second-order valence-electron chi connectivity index (χ2n) is 7.70. The highest BCUT2D eigenvalue weighted by molar-refractivity contribution is 6.06. The lowest BCUT2D eigenvalue weighted by molar-refractivity contribution is 0.0698. The zero-order chi connectivity index (χ0) is 20.5. The zero-order valence-corrected chi connectivity index (χ0v) is 16.5. The largest absolute Gasteiger partial charge is 0.361 e. The zero-order valence-electron chi connectivity index (χ0n) is 16.5. The van der Waals surface area contributed by atoms with Gasteiger partial charge in [-0.15, -0.1) is 0 Å². The highest BCUT2D eigenvalue weighted by Gasteiger charge is 2.25. The molecule has 6 nitrogen and oxygen atoms in total. The normalized spacial score (nSPS) is 14.9. The smallest absolute Gasteiger partial charge is 0.253 e. The first kappa shape index (κ1) is 18.4. The van der Waals surface area contributed by atoms with Gasteiger partial charge in [0.25, 0.3) is 11.8 Å². The summed E-state index contributed by atoms with van der Waals surface area (Å²) in [5.74, 6) is -0.0423. The van der Waals surface area contributed by atoms with Crippen molar-refractivity contribution < 1.29 is 9.59 Å². The molecule has 150 valence electrons. The predicted octanol–water partition coefficient (Wildman–Crippen LogP) is 3.75. The number of piperidine rings is 1. The lowest BCUT2D eigenvalue weighted by atomic mass is 10.0. The number of fused-ring (bicyclic) bond motifs is 2. The van der Waals surface area contributed by atoms with Crippen LogP contribution in [-0.4, -0.2) is 45.8 Å². The van der Waals surface area contributed by atoms with Gasteiger partial charge in [0.1, 0.15) is 0 Å². The molecular formula is C24H22N4O2. The van der Waals surface area contributed by atoms with Gasteiger partial charge in [-0.25, -0.2) is 0 Å². The third kappa shape index (κ3) is 3.41. The average molecular weight is 398 g/mol. The summed E-state index contributed by atoms with van der Waals surface area (Å²) >= 11 is 0. The minimum Gasteiger partial charge on any atom is -0.361 e. The van der Waals surface area contributed by atoms with Crippen molar-refractivity contribution in [2.24, 2.45) is 0 Å². The standard InChI is InChI=1S/C24H22N4O2/c29-23(20-3-1-5-22-19(20)4-2-11-25-22)27-18-9-13-28(14-10-18)24(30)17-6-7-21-16(15-17)8-12-26-21/h1-8,11-12,15,18,26H,9-10,13-14H2,(H,27,29). The minimum absolute atomic E-state index is 0.0444. The van der Waals surface area contributed by atoms with E-state index in [0.29, 0.717) is 24.2 Å². The fourth-order valence-electron chi connectivity index (χ4n) is 4.16. The Morgan fingerprint density at radius 1 is 1.03 bits per heavy atom. The molecule has 2 aromatic carbocycles. The summed E-state index contributed by atoms with van der Waals surface area (Å²) in [6.45, 7) is 1.26. The number of benzene rings is 2. The topological polar surface area (TPSA) is 78.1 Å². The molecule has 4 aromatic rings. The second-order valence-corrected chi connectivity index (χ2v) is 7.70. The Bertz CT molecular complexity index is 1230. The number of rotatable bonds is 3. The van der Waals surface area contributed by atoms with Crippen LogP contribution in [0.5, 0.6) is 0 Å². The summed E-state index contributed by atoms with van der Waals surface area (Å²) in [5, 5.41) is 5.03. The average Bonchev–Trinajstić information content (AvgIpc) is 3.26. The van der Waals surface area contributed by atoms with Gasteiger partial charge in [-0.3, -0.25) is 14.6 Å². The van der Waals surface area contributed by atoms with Crippen molar-refractivity contribution in [1.82, 2.24) is 20.2 Å². The number of hydrogen-bond acceptors (Lipinski definition) is 3. The number of aromatic nitrogens is 2. The van der Waals surface area contributed by atoms with E-state index in [1.54, 1.807) is 6.20 Å². The van der Waals surface area contributed by atoms with E-state index in [2.05, 4.69) is 15.3 Å². The minimum atomic E-state index is -0.0868. The third-order valence-electron chi connectivity index (χ3n) is 5.81. The van der Waals surface area contributed by atoms with Crippen LogP contribution in [0.3, 0.4) is 0 Å². The van der Waals surface area contributed by atoms with Crippen LogP contribution in [0.4, 0.5) is 0 Å². The summed E-state index contributed by atoms with van der Waals surface area (Å²) in [5.41, 5.74) is 3.17. The number of nitrogens with zero attached hydrogens (tertiary/aromatic N) is 2. The van der Waals surface area contributed by atoms with Crippen LogP contribution in [0.25, 0.3) is 21.8 Å². The molecule has 1 fully saturated rings. The predicted molar refractivity (Wildman–Crippen MR) is 116 cm³/mol. The van der Waals surface area contributed by atoms with Crippen LogP contribution in [0, 0.1) is 0 Å². The van der Waals surface area contributed by atoms with Crippen LogP contribution in [-0.2, 0) is 0 Å². The van der Waals surface area contributed by atoms with Crippen LogP contribution in [0.1, 0.15) is 33.6 Å². The summed E-state index contributed by atoms with van der Waals surface area (Å²) in [6.07, 6.45) is 5.09. The van der Waals surface area contributed by atoms with Gasteiger partial charge in [0.05, 0.1) is 5.52 Å². The van der Waals surface area contributed by atoms with Crippen LogP contribution in [0.15, 0.2) is 67.0 Å². The Labute approximate surface area is 173 Å². The fourth-order valence-corrected chi connectivity index (χ4v) is 4.16. The molecule has 2 amide bonds. The molecule has 6 heteroatoms. The highest BCUT2D eigenvalue weighted by Crippen LogP contribution is 2.20. The van der Waals surface area contributed by atoms with Crippen molar-refractivity contribution in [3.05, 3.63) is 78.1 Å². The Morgan fingerprint density at radius 2 is 1.90 bits per heavy atom. The molecule has 2 aromatic heterocycles. The van der Waals surface area contributed by atoms with Crippen LogP contribution < -0.4 is 5.32 Å². The van der Waals surface area contributed by atoms with Gasteiger partial charge in [-0.1, -0.05) is 12.1 Å². The Balaban J connectivity index is 1.23. The molecule has 1 aliphatic rings. The summed E-state index contributed by atoms with van der Waals surface area (Å²) < 4.78 is 0. The molecule has 3 heterocycles. The van der Waals surface area contributed by atoms with Gasteiger partial charge in [0.15, 0.2) is 0 Å². The van der Waals surface area contributed by atoms with Crippen molar-refractivity contribution >= 4 is 33.6 Å². The Hall–Kier alpha value is -3.67. The molecule has 0 bridgehead atoms. The molecule has 30 heavy (non-hydrogen) atoms. The molecule has 0 aliphatic carbocycles. The van der Waals surface area contributed by atoms with E-state index < -0.39 is 0 Å². The van der Waals surface area contributed by atoms with Crippen molar-refractivity contribution in [2.45, 2.75) is 18.9 Å². The number of amides is 2. The molecule has 1 saturated heterocycles. The van der Waals surface area contributed by atoms with Crippen molar-refractivity contribution in [1.29, 1.82) is 0 Å². The molecule has 1 aliphatic heterocycles. The maximum Gasteiger partial charge on any atom is 0.253 e. The lowest BCUT2D eigenvalue weighted by Crippen LogP contribution is -2.46. The number of hydrogen-bond donors (Lipinski definition) is 2. The molecule has 0 atom stereocenters. The van der Waals surface area contributed by atoms with Crippen molar-refractivity contribution in [3.63, 3.8) is 0 Å². The summed E-state index contributed by atoms with van der Waals surface area (Å²) in [7, 11) is 0. The first-order chi connectivity index (χ1) is 14.7. The number of carbonyl (C=O) groups is 2. The van der Waals surface area contributed by atoms with E-state index >= 15 is 0 Å². The van der Waals surface area contributed by atoms with Crippen LogP contribution in [0.2, 0.25) is 0 Å². The second kappa shape index (κ2) is 7.63. The van der Waals surface area contributed by atoms with Gasteiger partial charge in [0.2, 0.25) is 0 Å². The molecule has 2 N–H and O–H groups in total. The van der Waals surface area contributed by atoms with E-state index in [4.69, 9.17) is 0 Å². The molecule has 0 spiro atoms. The third-order valence-corrected chi connectivity index (χ3v) is 5.81. The number of H-pyrrole nitrogens is 1. The summed E-state index contributed by atoms with van der Waals surface area (Å²) in [6, 6.07) is 17.1. The Kier molecular flexibility index (Phi) is 4.67. The summed E-state index contributed by atoms with van der Waals surface area (Å²) in [4.78, 5) is 35.1. The first-order valence-corrected chi connectivity index (χ1v) is 10.2. The first-order valence-electron chi connectivity index (χ1n) is 10.2. The monoisotopic (exact) mass is 398 g/mol. The van der Waals surface area contributed by atoms with Gasteiger partial charge in [0, 0.05) is 58.9 Å². The number of likely N-dealkylation sites (tertiary alicyclic amines) is 1. The van der Waals surface area contributed by atoms with E-state index in [-0.39, 0.29) is 17.9 Å². The number of aromatic amines is 1. The molecular weight excluding hydrogens is 376 g/mol. The van der Waals surface area contributed by atoms with E-state index in [1.807, 2.05) is 65.7 Å². The van der Waals surface area contributed by atoms with E-state index in [1.165, 1.54) is 0 Å².